The second-order valence-corrected chi connectivity index (χ2v) is 7.16. The van der Waals surface area contributed by atoms with E-state index in [1.54, 1.807) is 18.2 Å². The monoisotopic (exact) mass is 363 g/mol. The standard InChI is InChI=1S/C14H12Cl3NO2S/c1-2-9-6-7-10(8-12(9)16)18-21(19,20)13-5-3-4-11(15)14(13)17/h3-8,18H,2H2,1H3. The van der Waals surface area contributed by atoms with Crippen LogP contribution < -0.4 is 4.72 Å². The molecule has 2 rings (SSSR count). The molecular formula is C14H12Cl3NO2S. The Kier molecular flexibility index (Phi) is 5.04. The molecule has 0 aromatic heterocycles. The number of aryl methyl sites for hydroxylation is 1. The Morgan fingerprint density at radius 2 is 1.76 bits per heavy atom. The van der Waals surface area contributed by atoms with Crippen molar-refractivity contribution >= 4 is 50.5 Å². The van der Waals surface area contributed by atoms with Gasteiger partial charge in [0, 0.05) is 5.02 Å². The molecule has 0 aliphatic carbocycles. The summed E-state index contributed by atoms with van der Waals surface area (Å²) < 4.78 is 27.1. The van der Waals surface area contributed by atoms with Gasteiger partial charge in [-0.3, -0.25) is 4.72 Å². The van der Waals surface area contributed by atoms with Crippen molar-refractivity contribution < 1.29 is 8.42 Å². The van der Waals surface area contributed by atoms with Gasteiger partial charge >= 0.3 is 0 Å². The van der Waals surface area contributed by atoms with Crippen LogP contribution in [-0.4, -0.2) is 8.42 Å². The summed E-state index contributed by atoms with van der Waals surface area (Å²) in [5.74, 6) is 0. The van der Waals surface area contributed by atoms with Crippen molar-refractivity contribution in [3.05, 3.63) is 57.0 Å². The van der Waals surface area contributed by atoms with Gasteiger partial charge in [-0.1, -0.05) is 53.9 Å². The first-order valence-corrected chi connectivity index (χ1v) is 8.72. The van der Waals surface area contributed by atoms with E-state index in [0.717, 1.165) is 12.0 Å². The van der Waals surface area contributed by atoms with Crippen LogP contribution in [0.25, 0.3) is 0 Å². The summed E-state index contributed by atoms with van der Waals surface area (Å²) in [6.07, 6.45) is 0.770. The van der Waals surface area contributed by atoms with Crippen LogP contribution in [0.5, 0.6) is 0 Å². The third kappa shape index (κ3) is 3.64. The Morgan fingerprint density at radius 3 is 2.38 bits per heavy atom. The van der Waals surface area contributed by atoms with Crippen LogP contribution in [0, 0.1) is 0 Å². The Balaban J connectivity index is 2.38. The molecule has 0 aliphatic rings. The van der Waals surface area contributed by atoms with Gasteiger partial charge in [0.1, 0.15) is 4.90 Å². The van der Waals surface area contributed by atoms with Gasteiger partial charge in [0.05, 0.1) is 15.7 Å². The summed E-state index contributed by atoms with van der Waals surface area (Å²) >= 11 is 17.9. The smallest absolute Gasteiger partial charge is 0.263 e. The largest absolute Gasteiger partial charge is 0.280 e. The predicted molar refractivity (Wildman–Crippen MR) is 88.1 cm³/mol. The molecular weight excluding hydrogens is 353 g/mol. The molecule has 0 spiro atoms. The average Bonchev–Trinajstić information content (AvgIpc) is 2.41. The summed E-state index contributed by atoms with van der Waals surface area (Å²) in [7, 11) is -3.83. The molecule has 7 heteroatoms. The molecule has 0 saturated carbocycles. The molecule has 2 aromatic carbocycles. The first kappa shape index (κ1) is 16.4. The van der Waals surface area contributed by atoms with E-state index in [-0.39, 0.29) is 14.9 Å². The molecule has 0 unspecified atom stereocenters. The fourth-order valence-electron chi connectivity index (χ4n) is 1.80. The topological polar surface area (TPSA) is 46.2 Å². The lowest BCUT2D eigenvalue weighted by atomic mass is 10.1. The number of anilines is 1. The van der Waals surface area contributed by atoms with Gasteiger partial charge in [0.2, 0.25) is 0 Å². The van der Waals surface area contributed by atoms with Crippen molar-refractivity contribution in [3.8, 4) is 0 Å². The fraction of sp³-hybridized carbons (Fsp3) is 0.143. The van der Waals surface area contributed by atoms with Crippen LogP contribution in [-0.2, 0) is 16.4 Å². The van der Waals surface area contributed by atoms with Crippen LogP contribution in [0.3, 0.4) is 0 Å². The van der Waals surface area contributed by atoms with Crippen LogP contribution in [0.1, 0.15) is 12.5 Å². The highest BCUT2D eigenvalue weighted by Crippen LogP contribution is 2.30. The van der Waals surface area contributed by atoms with E-state index in [9.17, 15) is 8.42 Å². The SMILES string of the molecule is CCc1ccc(NS(=O)(=O)c2cccc(Cl)c2Cl)cc1Cl. The molecule has 0 atom stereocenters. The summed E-state index contributed by atoms with van der Waals surface area (Å²) in [5.41, 5.74) is 1.31. The molecule has 3 nitrogen and oxygen atoms in total. The van der Waals surface area contributed by atoms with Crippen LogP contribution in [0.4, 0.5) is 5.69 Å². The summed E-state index contributed by atoms with van der Waals surface area (Å²) in [6, 6.07) is 9.43. The van der Waals surface area contributed by atoms with E-state index in [4.69, 9.17) is 34.8 Å². The normalized spacial score (nSPS) is 11.4. The lowest BCUT2D eigenvalue weighted by Gasteiger charge is -2.11. The molecule has 0 amide bonds. The molecule has 1 N–H and O–H groups in total. The van der Waals surface area contributed by atoms with Crippen molar-refractivity contribution in [2.45, 2.75) is 18.2 Å². The first-order chi connectivity index (χ1) is 9.85. The van der Waals surface area contributed by atoms with E-state index >= 15 is 0 Å². The van der Waals surface area contributed by atoms with Crippen molar-refractivity contribution in [3.63, 3.8) is 0 Å². The molecule has 112 valence electrons. The minimum absolute atomic E-state index is 0.0112. The van der Waals surface area contributed by atoms with E-state index in [1.807, 2.05) is 6.92 Å². The van der Waals surface area contributed by atoms with Crippen molar-refractivity contribution in [2.75, 3.05) is 4.72 Å². The molecule has 0 radical (unpaired) electrons. The maximum Gasteiger partial charge on any atom is 0.263 e. The van der Waals surface area contributed by atoms with Crippen molar-refractivity contribution in [1.29, 1.82) is 0 Å². The lowest BCUT2D eigenvalue weighted by molar-refractivity contribution is 0.601. The van der Waals surface area contributed by atoms with Gasteiger partial charge in [0.25, 0.3) is 10.0 Å². The Bertz CT molecular complexity index is 776. The molecule has 2 aromatic rings. The Labute approximate surface area is 138 Å². The fourth-order valence-corrected chi connectivity index (χ4v) is 3.93. The highest BCUT2D eigenvalue weighted by Gasteiger charge is 2.19. The predicted octanol–water partition coefficient (Wildman–Crippen LogP) is 5.01. The molecule has 21 heavy (non-hydrogen) atoms. The zero-order valence-corrected chi connectivity index (χ0v) is 14.1. The number of halogens is 3. The molecule has 0 aliphatic heterocycles. The van der Waals surface area contributed by atoms with Crippen LogP contribution in [0.2, 0.25) is 15.1 Å². The number of hydrogen-bond acceptors (Lipinski definition) is 2. The summed E-state index contributed by atoms with van der Waals surface area (Å²) in [5, 5.41) is 0.678. The quantitative estimate of drug-likeness (QED) is 0.829. The third-order valence-electron chi connectivity index (χ3n) is 2.89. The minimum Gasteiger partial charge on any atom is -0.280 e. The van der Waals surface area contributed by atoms with E-state index in [2.05, 4.69) is 4.72 Å². The van der Waals surface area contributed by atoms with Gasteiger partial charge in [-0.2, -0.15) is 0 Å². The maximum atomic E-state index is 12.3. The van der Waals surface area contributed by atoms with Gasteiger partial charge in [-0.05, 0) is 36.2 Å². The average molecular weight is 365 g/mol. The molecule has 0 saturated heterocycles. The van der Waals surface area contributed by atoms with E-state index in [0.29, 0.717) is 10.7 Å². The van der Waals surface area contributed by atoms with Crippen LogP contribution >= 0.6 is 34.8 Å². The number of rotatable bonds is 4. The van der Waals surface area contributed by atoms with Crippen molar-refractivity contribution in [1.82, 2.24) is 0 Å². The van der Waals surface area contributed by atoms with E-state index in [1.165, 1.54) is 18.2 Å². The van der Waals surface area contributed by atoms with E-state index < -0.39 is 10.0 Å². The van der Waals surface area contributed by atoms with Crippen LogP contribution in [0.15, 0.2) is 41.3 Å². The second-order valence-electron chi connectivity index (χ2n) is 4.32. The molecule has 0 fully saturated rings. The number of sulfonamides is 1. The first-order valence-electron chi connectivity index (χ1n) is 6.10. The van der Waals surface area contributed by atoms with Gasteiger partial charge in [0.15, 0.2) is 0 Å². The number of nitrogens with one attached hydrogen (secondary N) is 1. The Morgan fingerprint density at radius 1 is 1.05 bits per heavy atom. The minimum atomic E-state index is -3.83. The van der Waals surface area contributed by atoms with Gasteiger partial charge in [-0.15, -0.1) is 0 Å². The summed E-state index contributed by atoms with van der Waals surface area (Å²) in [4.78, 5) is -0.0765. The number of benzene rings is 2. The molecule has 0 bridgehead atoms. The van der Waals surface area contributed by atoms with Gasteiger partial charge in [-0.25, -0.2) is 8.42 Å². The second kappa shape index (κ2) is 6.44. The summed E-state index contributed by atoms with van der Waals surface area (Å²) in [6.45, 7) is 1.97. The lowest BCUT2D eigenvalue weighted by Crippen LogP contribution is -2.13. The zero-order valence-electron chi connectivity index (χ0n) is 11.0. The zero-order chi connectivity index (χ0) is 15.6. The highest BCUT2D eigenvalue weighted by molar-refractivity contribution is 7.92. The third-order valence-corrected chi connectivity index (χ3v) is 5.60. The Hall–Kier alpha value is -0.940. The van der Waals surface area contributed by atoms with Gasteiger partial charge < -0.3 is 0 Å². The number of hydrogen-bond donors (Lipinski definition) is 1. The highest BCUT2D eigenvalue weighted by atomic mass is 35.5. The molecule has 0 heterocycles. The van der Waals surface area contributed by atoms with Crippen molar-refractivity contribution in [2.24, 2.45) is 0 Å². The maximum absolute atomic E-state index is 12.3.